The van der Waals surface area contributed by atoms with Crippen molar-refractivity contribution >= 4 is 5.69 Å². The van der Waals surface area contributed by atoms with Gasteiger partial charge in [-0.3, -0.25) is 0 Å². The average Bonchev–Trinajstić information content (AvgIpc) is 2.93. The summed E-state index contributed by atoms with van der Waals surface area (Å²) in [7, 11) is 0. The highest BCUT2D eigenvalue weighted by molar-refractivity contribution is 5.56. The van der Waals surface area contributed by atoms with E-state index in [-0.39, 0.29) is 5.92 Å². The molecule has 19 heavy (non-hydrogen) atoms. The fraction of sp³-hybridized carbons (Fsp3) is 0.467. The van der Waals surface area contributed by atoms with Crippen LogP contribution in [-0.2, 0) is 6.42 Å². The maximum Gasteiger partial charge on any atom is 0.234 e. The van der Waals surface area contributed by atoms with Crippen LogP contribution in [0.5, 0.6) is 0 Å². The first-order chi connectivity index (χ1) is 9.38. The molecule has 4 heteroatoms. The van der Waals surface area contributed by atoms with Crippen molar-refractivity contribution in [1.29, 1.82) is 0 Å². The first-order valence-electron chi connectivity index (χ1n) is 7.03. The molecule has 0 radical (unpaired) electrons. The molecule has 100 valence electrons. The highest BCUT2D eigenvalue weighted by Crippen LogP contribution is 2.35. The second-order valence-electron chi connectivity index (χ2n) is 5.01. The molecule has 0 spiro atoms. The Labute approximate surface area is 113 Å². The average molecular weight is 257 g/mol. The summed E-state index contributed by atoms with van der Waals surface area (Å²) in [6.45, 7) is 3.12. The van der Waals surface area contributed by atoms with Crippen molar-refractivity contribution in [1.82, 2.24) is 10.1 Å². The molecule has 2 heterocycles. The van der Waals surface area contributed by atoms with Crippen LogP contribution in [0.1, 0.15) is 49.4 Å². The molecule has 1 unspecified atom stereocenters. The van der Waals surface area contributed by atoms with Gasteiger partial charge in [-0.1, -0.05) is 36.7 Å². The number of benzene rings is 1. The number of rotatable bonds is 4. The third-order valence-electron chi connectivity index (χ3n) is 3.62. The number of para-hydroxylation sites is 1. The van der Waals surface area contributed by atoms with E-state index in [0.717, 1.165) is 43.9 Å². The van der Waals surface area contributed by atoms with E-state index in [2.05, 4.69) is 46.6 Å². The predicted octanol–water partition coefficient (Wildman–Crippen LogP) is 3.36. The second-order valence-corrected chi connectivity index (χ2v) is 5.01. The van der Waals surface area contributed by atoms with Crippen molar-refractivity contribution < 1.29 is 4.52 Å². The smallest absolute Gasteiger partial charge is 0.234 e. The molecular formula is C15H19N3O. The van der Waals surface area contributed by atoms with Crippen LogP contribution in [0.4, 0.5) is 5.69 Å². The molecule has 0 saturated carbocycles. The summed E-state index contributed by atoms with van der Waals surface area (Å²) < 4.78 is 5.47. The van der Waals surface area contributed by atoms with Gasteiger partial charge in [0.25, 0.3) is 0 Å². The molecule has 2 aromatic rings. The summed E-state index contributed by atoms with van der Waals surface area (Å²) in [5.41, 5.74) is 2.45. The van der Waals surface area contributed by atoms with Crippen molar-refractivity contribution in [2.45, 2.75) is 38.5 Å². The van der Waals surface area contributed by atoms with E-state index in [1.165, 1.54) is 11.3 Å². The lowest BCUT2D eigenvalue weighted by Gasteiger charge is -2.23. The summed E-state index contributed by atoms with van der Waals surface area (Å²) in [6, 6.07) is 8.36. The Bertz CT molecular complexity index is 550. The monoisotopic (exact) mass is 257 g/mol. The number of fused-ring (bicyclic) bond motifs is 1. The van der Waals surface area contributed by atoms with Crippen LogP contribution >= 0.6 is 0 Å². The maximum absolute atomic E-state index is 5.47. The minimum Gasteiger partial charge on any atom is -0.385 e. The van der Waals surface area contributed by atoms with Crippen LogP contribution in [0.2, 0.25) is 0 Å². The van der Waals surface area contributed by atoms with Gasteiger partial charge >= 0.3 is 0 Å². The minimum absolute atomic E-state index is 0.236. The van der Waals surface area contributed by atoms with Gasteiger partial charge in [0.2, 0.25) is 5.89 Å². The highest BCUT2D eigenvalue weighted by Gasteiger charge is 2.26. The Morgan fingerprint density at radius 2 is 2.26 bits per heavy atom. The van der Waals surface area contributed by atoms with Gasteiger partial charge in [-0.25, -0.2) is 0 Å². The van der Waals surface area contributed by atoms with Crippen molar-refractivity contribution in [2.75, 3.05) is 11.9 Å². The SMILES string of the molecule is CCCCc1noc(C2CCNc3ccccc32)n1. The van der Waals surface area contributed by atoms with Crippen LogP contribution in [0.15, 0.2) is 28.8 Å². The third-order valence-corrected chi connectivity index (χ3v) is 3.62. The lowest BCUT2D eigenvalue weighted by Crippen LogP contribution is -2.17. The molecule has 0 aliphatic carbocycles. The topological polar surface area (TPSA) is 51.0 Å². The summed E-state index contributed by atoms with van der Waals surface area (Å²) in [6.07, 6.45) is 4.18. The lowest BCUT2D eigenvalue weighted by molar-refractivity contribution is 0.356. The Balaban J connectivity index is 1.85. The van der Waals surface area contributed by atoms with Gasteiger partial charge in [-0.2, -0.15) is 4.98 Å². The van der Waals surface area contributed by atoms with E-state index in [9.17, 15) is 0 Å². The van der Waals surface area contributed by atoms with Crippen LogP contribution in [-0.4, -0.2) is 16.7 Å². The zero-order valence-electron chi connectivity index (χ0n) is 11.2. The molecule has 1 N–H and O–H groups in total. The van der Waals surface area contributed by atoms with E-state index < -0.39 is 0 Å². The largest absolute Gasteiger partial charge is 0.385 e. The van der Waals surface area contributed by atoms with Crippen LogP contribution in [0, 0.1) is 0 Å². The van der Waals surface area contributed by atoms with E-state index >= 15 is 0 Å². The Morgan fingerprint density at radius 1 is 1.37 bits per heavy atom. The molecule has 1 aromatic carbocycles. The predicted molar refractivity (Wildman–Crippen MR) is 74.3 cm³/mol. The number of anilines is 1. The number of nitrogens with zero attached hydrogens (tertiary/aromatic N) is 2. The molecule has 1 aliphatic heterocycles. The Hall–Kier alpha value is -1.84. The van der Waals surface area contributed by atoms with Crippen molar-refractivity contribution in [2.24, 2.45) is 0 Å². The summed E-state index contributed by atoms with van der Waals surface area (Å²) >= 11 is 0. The number of aryl methyl sites for hydroxylation is 1. The van der Waals surface area contributed by atoms with Crippen LogP contribution < -0.4 is 5.32 Å². The number of aromatic nitrogens is 2. The first-order valence-corrected chi connectivity index (χ1v) is 7.03. The highest BCUT2D eigenvalue weighted by atomic mass is 16.5. The quantitative estimate of drug-likeness (QED) is 0.912. The van der Waals surface area contributed by atoms with E-state index in [1.54, 1.807) is 0 Å². The zero-order valence-corrected chi connectivity index (χ0v) is 11.2. The van der Waals surface area contributed by atoms with Crippen molar-refractivity contribution in [3.05, 3.63) is 41.5 Å². The summed E-state index contributed by atoms with van der Waals surface area (Å²) in [5.74, 6) is 1.84. The molecule has 1 aliphatic rings. The van der Waals surface area contributed by atoms with E-state index in [1.807, 2.05) is 0 Å². The zero-order chi connectivity index (χ0) is 13.1. The third kappa shape index (κ3) is 2.48. The first kappa shape index (κ1) is 12.2. The number of hydrogen-bond donors (Lipinski definition) is 1. The summed E-state index contributed by atoms with van der Waals surface area (Å²) in [5, 5.41) is 7.51. The van der Waals surface area contributed by atoms with Crippen LogP contribution in [0.25, 0.3) is 0 Å². The van der Waals surface area contributed by atoms with Gasteiger partial charge in [0.15, 0.2) is 5.82 Å². The number of unbranched alkanes of at least 4 members (excludes halogenated alkanes) is 1. The fourth-order valence-corrected chi connectivity index (χ4v) is 2.57. The van der Waals surface area contributed by atoms with Gasteiger partial charge < -0.3 is 9.84 Å². The maximum atomic E-state index is 5.47. The molecule has 0 fully saturated rings. The Morgan fingerprint density at radius 3 is 3.16 bits per heavy atom. The van der Waals surface area contributed by atoms with E-state index in [0.29, 0.717) is 0 Å². The van der Waals surface area contributed by atoms with Gasteiger partial charge in [-0.15, -0.1) is 0 Å². The molecular weight excluding hydrogens is 238 g/mol. The van der Waals surface area contributed by atoms with Gasteiger partial charge in [0.1, 0.15) is 0 Å². The minimum atomic E-state index is 0.236. The molecule has 1 aromatic heterocycles. The van der Waals surface area contributed by atoms with Gasteiger partial charge in [-0.05, 0) is 24.5 Å². The Kier molecular flexibility index (Phi) is 3.49. The molecule has 0 bridgehead atoms. The van der Waals surface area contributed by atoms with Crippen molar-refractivity contribution in [3.63, 3.8) is 0 Å². The summed E-state index contributed by atoms with van der Waals surface area (Å²) in [4.78, 5) is 4.56. The van der Waals surface area contributed by atoms with Crippen LogP contribution in [0.3, 0.4) is 0 Å². The molecule has 3 rings (SSSR count). The molecule has 0 saturated heterocycles. The number of nitrogens with one attached hydrogen (secondary N) is 1. The second kappa shape index (κ2) is 5.43. The van der Waals surface area contributed by atoms with Gasteiger partial charge in [0, 0.05) is 18.7 Å². The molecule has 0 amide bonds. The normalized spacial score (nSPS) is 17.8. The van der Waals surface area contributed by atoms with E-state index in [4.69, 9.17) is 4.52 Å². The molecule has 1 atom stereocenters. The van der Waals surface area contributed by atoms with Crippen molar-refractivity contribution in [3.8, 4) is 0 Å². The lowest BCUT2D eigenvalue weighted by atomic mass is 9.91. The molecule has 4 nitrogen and oxygen atoms in total. The fourth-order valence-electron chi connectivity index (χ4n) is 2.57. The number of hydrogen-bond acceptors (Lipinski definition) is 4. The standard InChI is InChI=1S/C15H19N3O/c1-2-3-8-14-17-15(19-18-14)12-9-10-16-13-7-5-4-6-11(12)13/h4-7,12,16H,2-3,8-10H2,1H3. The van der Waals surface area contributed by atoms with Gasteiger partial charge in [0.05, 0.1) is 5.92 Å².